The molecule has 0 bridgehead atoms. The molecule has 0 aliphatic rings. The molecule has 106 valence electrons. The molecule has 2 aromatic rings. The van der Waals surface area contributed by atoms with Gasteiger partial charge in [-0.25, -0.2) is 0 Å². The topological polar surface area (TPSA) is 38.0 Å². The van der Waals surface area contributed by atoms with Crippen molar-refractivity contribution in [1.82, 2.24) is 5.43 Å². The predicted octanol–water partition coefficient (Wildman–Crippen LogP) is 3.82. The summed E-state index contributed by atoms with van der Waals surface area (Å²) in [6.07, 6.45) is 0.895. The fraction of sp³-hybridized carbons (Fsp3) is 0.250. The molecular formula is C16H19ClN2S. The molecular weight excluding hydrogens is 288 g/mol. The molecule has 0 aromatic heterocycles. The first-order chi connectivity index (χ1) is 9.67. The molecule has 3 N–H and O–H groups in total. The summed E-state index contributed by atoms with van der Waals surface area (Å²) in [5.74, 6) is 6.59. The Bertz CT molecular complexity index is 542. The second-order valence-electron chi connectivity index (χ2n) is 4.82. The zero-order valence-electron chi connectivity index (χ0n) is 11.5. The summed E-state index contributed by atoms with van der Waals surface area (Å²) in [5, 5.41) is 0.764. The second kappa shape index (κ2) is 7.70. The molecule has 0 heterocycles. The molecule has 0 radical (unpaired) electrons. The Morgan fingerprint density at radius 2 is 1.95 bits per heavy atom. The molecule has 0 fully saturated rings. The summed E-state index contributed by atoms with van der Waals surface area (Å²) in [6, 6.07) is 16.7. The number of nitrogens with one attached hydrogen (secondary N) is 1. The maximum Gasteiger partial charge on any atom is 0.0406 e. The van der Waals surface area contributed by atoms with Gasteiger partial charge in [-0.05, 0) is 43.2 Å². The number of hydrogen-bond acceptors (Lipinski definition) is 3. The molecule has 1 unspecified atom stereocenters. The first-order valence-corrected chi connectivity index (χ1v) is 7.94. The first-order valence-electron chi connectivity index (χ1n) is 6.57. The van der Waals surface area contributed by atoms with E-state index in [-0.39, 0.29) is 6.04 Å². The number of rotatable bonds is 6. The van der Waals surface area contributed by atoms with Crippen molar-refractivity contribution in [2.24, 2.45) is 5.84 Å². The smallest absolute Gasteiger partial charge is 0.0406 e. The summed E-state index contributed by atoms with van der Waals surface area (Å²) >= 11 is 7.71. The van der Waals surface area contributed by atoms with Crippen LogP contribution in [0.3, 0.4) is 0 Å². The molecule has 2 aromatic carbocycles. The minimum absolute atomic E-state index is 0.238. The van der Waals surface area contributed by atoms with Gasteiger partial charge in [0.05, 0.1) is 0 Å². The SMILES string of the molecule is Cc1cccc(SCC(Cc2ccc(Cl)cc2)NN)c1. The minimum atomic E-state index is 0.238. The van der Waals surface area contributed by atoms with Crippen LogP contribution in [0.25, 0.3) is 0 Å². The molecule has 2 rings (SSSR count). The number of hydrogen-bond donors (Lipinski definition) is 2. The Balaban J connectivity index is 1.90. The zero-order chi connectivity index (χ0) is 14.4. The van der Waals surface area contributed by atoms with Crippen molar-refractivity contribution in [3.63, 3.8) is 0 Å². The molecule has 0 saturated heterocycles. The largest absolute Gasteiger partial charge is 0.271 e. The van der Waals surface area contributed by atoms with E-state index in [1.165, 1.54) is 16.0 Å². The highest BCUT2D eigenvalue weighted by atomic mass is 35.5. The Labute approximate surface area is 129 Å². The van der Waals surface area contributed by atoms with Gasteiger partial charge in [-0.1, -0.05) is 41.4 Å². The molecule has 0 amide bonds. The highest BCUT2D eigenvalue weighted by molar-refractivity contribution is 7.99. The predicted molar refractivity (Wildman–Crippen MR) is 88.2 cm³/mol. The van der Waals surface area contributed by atoms with Crippen LogP contribution in [0.1, 0.15) is 11.1 Å². The lowest BCUT2D eigenvalue weighted by Crippen LogP contribution is -2.38. The van der Waals surface area contributed by atoms with E-state index in [0.717, 1.165) is 17.2 Å². The maximum absolute atomic E-state index is 5.89. The molecule has 0 saturated carbocycles. The van der Waals surface area contributed by atoms with Crippen LogP contribution < -0.4 is 11.3 Å². The highest BCUT2D eigenvalue weighted by Gasteiger charge is 2.08. The summed E-state index contributed by atoms with van der Waals surface area (Å²) in [7, 11) is 0. The number of aryl methyl sites for hydroxylation is 1. The second-order valence-corrected chi connectivity index (χ2v) is 6.35. The third kappa shape index (κ3) is 4.84. The van der Waals surface area contributed by atoms with Crippen LogP contribution in [0.2, 0.25) is 5.02 Å². The van der Waals surface area contributed by atoms with Gasteiger partial charge in [0.2, 0.25) is 0 Å². The Hall–Kier alpha value is -1.00. The van der Waals surface area contributed by atoms with Crippen molar-refractivity contribution in [2.75, 3.05) is 5.75 Å². The van der Waals surface area contributed by atoms with Crippen LogP contribution in [-0.4, -0.2) is 11.8 Å². The number of hydrazine groups is 1. The lowest BCUT2D eigenvalue weighted by molar-refractivity contribution is 0.575. The molecule has 2 nitrogen and oxygen atoms in total. The van der Waals surface area contributed by atoms with Gasteiger partial charge in [0.1, 0.15) is 0 Å². The van der Waals surface area contributed by atoms with E-state index in [4.69, 9.17) is 17.4 Å². The fourth-order valence-electron chi connectivity index (χ4n) is 1.97. The quantitative estimate of drug-likeness (QED) is 0.484. The van der Waals surface area contributed by atoms with Gasteiger partial charge in [0, 0.05) is 21.7 Å². The van der Waals surface area contributed by atoms with E-state index in [0.29, 0.717) is 0 Å². The summed E-state index contributed by atoms with van der Waals surface area (Å²) in [4.78, 5) is 1.28. The van der Waals surface area contributed by atoms with Gasteiger partial charge in [-0.2, -0.15) is 0 Å². The first kappa shape index (κ1) is 15.4. The molecule has 20 heavy (non-hydrogen) atoms. The van der Waals surface area contributed by atoms with Crippen LogP contribution in [0, 0.1) is 6.92 Å². The summed E-state index contributed by atoms with van der Waals surface area (Å²) in [6.45, 7) is 2.11. The third-order valence-corrected chi connectivity index (χ3v) is 4.48. The average molecular weight is 307 g/mol. The van der Waals surface area contributed by atoms with E-state index in [1.807, 2.05) is 36.0 Å². The van der Waals surface area contributed by atoms with Gasteiger partial charge in [0.25, 0.3) is 0 Å². The molecule has 0 aliphatic heterocycles. The van der Waals surface area contributed by atoms with Crippen molar-refractivity contribution >= 4 is 23.4 Å². The molecule has 0 aliphatic carbocycles. The van der Waals surface area contributed by atoms with Crippen molar-refractivity contribution in [3.8, 4) is 0 Å². The number of benzene rings is 2. The third-order valence-electron chi connectivity index (χ3n) is 3.07. The lowest BCUT2D eigenvalue weighted by Gasteiger charge is -2.15. The van der Waals surface area contributed by atoms with E-state index in [1.54, 1.807) is 0 Å². The minimum Gasteiger partial charge on any atom is -0.271 e. The van der Waals surface area contributed by atoms with Gasteiger partial charge >= 0.3 is 0 Å². The van der Waals surface area contributed by atoms with Crippen LogP contribution in [-0.2, 0) is 6.42 Å². The Kier molecular flexibility index (Phi) is 5.92. The van der Waals surface area contributed by atoms with E-state index in [2.05, 4.69) is 36.6 Å². The van der Waals surface area contributed by atoms with Crippen LogP contribution in [0.5, 0.6) is 0 Å². The van der Waals surface area contributed by atoms with Gasteiger partial charge < -0.3 is 0 Å². The molecule has 1 atom stereocenters. The Morgan fingerprint density at radius 1 is 1.20 bits per heavy atom. The van der Waals surface area contributed by atoms with Crippen LogP contribution >= 0.6 is 23.4 Å². The maximum atomic E-state index is 5.89. The highest BCUT2D eigenvalue weighted by Crippen LogP contribution is 2.21. The van der Waals surface area contributed by atoms with Gasteiger partial charge in [0.15, 0.2) is 0 Å². The number of halogens is 1. The van der Waals surface area contributed by atoms with Crippen molar-refractivity contribution in [1.29, 1.82) is 0 Å². The number of thioether (sulfide) groups is 1. The van der Waals surface area contributed by atoms with Crippen molar-refractivity contribution in [2.45, 2.75) is 24.3 Å². The Morgan fingerprint density at radius 3 is 2.60 bits per heavy atom. The summed E-state index contributed by atoms with van der Waals surface area (Å²) in [5.41, 5.74) is 5.42. The molecule has 4 heteroatoms. The van der Waals surface area contributed by atoms with E-state index in [9.17, 15) is 0 Å². The van der Waals surface area contributed by atoms with E-state index >= 15 is 0 Å². The van der Waals surface area contributed by atoms with Gasteiger partial charge in [-0.15, -0.1) is 11.8 Å². The van der Waals surface area contributed by atoms with E-state index < -0.39 is 0 Å². The standard InChI is InChI=1S/C16H19ClN2S/c1-12-3-2-4-16(9-12)20-11-15(19-18)10-13-5-7-14(17)8-6-13/h2-9,15,19H,10-11,18H2,1H3. The summed E-state index contributed by atoms with van der Waals surface area (Å²) < 4.78 is 0. The number of nitrogens with two attached hydrogens (primary N) is 1. The van der Waals surface area contributed by atoms with Crippen molar-refractivity contribution in [3.05, 3.63) is 64.7 Å². The molecule has 0 spiro atoms. The lowest BCUT2D eigenvalue weighted by atomic mass is 10.1. The average Bonchev–Trinajstić information content (AvgIpc) is 2.45. The van der Waals surface area contributed by atoms with Gasteiger partial charge in [-0.3, -0.25) is 11.3 Å². The zero-order valence-corrected chi connectivity index (χ0v) is 13.0. The van der Waals surface area contributed by atoms with Crippen LogP contribution in [0.4, 0.5) is 0 Å². The fourth-order valence-corrected chi connectivity index (χ4v) is 3.15. The monoisotopic (exact) mass is 306 g/mol. The van der Waals surface area contributed by atoms with Crippen LogP contribution in [0.15, 0.2) is 53.4 Å². The normalized spacial score (nSPS) is 12.3. The van der Waals surface area contributed by atoms with Crippen molar-refractivity contribution < 1.29 is 0 Å².